The highest BCUT2D eigenvalue weighted by Crippen LogP contribution is 2.41. The monoisotopic (exact) mass is 597 g/mol. The fourth-order valence-electron chi connectivity index (χ4n) is 3.45. The first-order valence-electron chi connectivity index (χ1n) is 10.8. The van der Waals surface area contributed by atoms with Gasteiger partial charge < -0.3 is 25.3 Å². The molecule has 0 aliphatic carbocycles. The molecular weight excluding hydrogens is 578 g/mol. The molecule has 0 spiro atoms. The summed E-state index contributed by atoms with van der Waals surface area (Å²) >= 11 is 3.56. The van der Waals surface area contributed by atoms with E-state index < -0.39 is 29.2 Å². The number of tetrazole rings is 1. The predicted octanol–water partition coefficient (Wildman–Crippen LogP) is -1.34. The first kappa shape index (κ1) is 28.0. The molecule has 2 aromatic heterocycles. The van der Waals surface area contributed by atoms with Crippen molar-refractivity contribution < 1.29 is 38.7 Å². The second-order valence-electron chi connectivity index (χ2n) is 7.53. The van der Waals surface area contributed by atoms with Crippen LogP contribution in [-0.2, 0) is 40.6 Å². The van der Waals surface area contributed by atoms with Gasteiger partial charge in [0.05, 0.1) is 0 Å². The van der Waals surface area contributed by atoms with Gasteiger partial charge in [-0.05, 0) is 16.0 Å². The van der Waals surface area contributed by atoms with Crippen molar-refractivity contribution in [2.75, 3.05) is 30.0 Å². The normalized spacial score (nSPS) is 18.6. The molecule has 0 aromatic carbocycles. The first-order valence-corrected chi connectivity index (χ1v) is 13.7. The van der Waals surface area contributed by atoms with E-state index in [1.807, 2.05) is 0 Å². The number of ether oxygens (including phenoxy) is 1. The minimum atomic E-state index is -1.27. The molecular formula is C19H19N9O8S3. The number of aryl methyl sites for hydroxylation is 1. The number of aromatic nitrogens is 5. The number of hydrogen-bond acceptors (Lipinski definition) is 15. The Kier molecular flexibility index (Phi) is 9.09. The van der Waals surface area contributed by atoms with Gasteiger partial charge in [-0.1, -0.05) is 16.9 Å². The molecule has 1 unspecified atom stereocenters. The molecule has 2 aromatic rings. The number of nitrogens with zero attached hydrogens (tertiary/aromatic N) is 7. The molecule has 20 heteroatoms. The molecule has 17 nitrogen and oxygen atoms in total. The van der Waals surface area contributed by atoms with E-state index >= 15 is 0 Å². The van der Waals surface area contributed by atoms with Crippen LogP contribution in [0.3, 0.4) is 0 Å². The summed E-state index contributed by atoms with van der Waals surface area (Å²) in [5, 5.41) is 31.2. The zero-order chi connectivity index (χ0) is 27.9. The lowest BCUT2D eigenvalue weighted by Gasteiger charge is -2.49. The van der Waals surface area contributed by atoms with Gasteiger partial charge in [0.2, 0.25) is 11.6 Å². The standard InChI is InChI=1S/C19H19N9O8S3/c1-27-19(23-25-26-27)39-5-9-4-37-16-12(15(32)28(16)13(9)17(33)34)22-14(31)11(24-36-3-2-35-8-30)10-6-38-18(21-10)20-7-29/h6-8,12,16H,2-5H2,1H3,(H,22,31)(H,33,34)(H,20,21,29)/b24-11-/t12?,16-/m1/s1. The highest BCUT2D eigenvalue weighted by molar-refractivity contribution is 8.01. The van der Waals surface area contributed by atoms with Gasteiger partial charge in [0.1, 0.15) is 29.4 Å². The lowest BCUT2D eigenvalue weighted by Crippen LogP contribution is -2.71. The van der Waals surface area contributed by atoms with Crippen LogP contribution >= 0.6 is 34.9 Å². The number of hydrogen-bond donors (Lipinski definition) is 3. The van der Waals surface area contributed by atoms with Crippen LogP contribution in [0.2, 0.25) is 0 Å². The summed E-state index contributed by atoms with van der Waals surface area (Å²) in [7, 11) is 1.65. The predicted molar refractivity (Wildman–Crippen MR) is 136 cm³/mol. The Labute approximate surface area is 231 Å². The number of nitrogens with one attached hydrogen (secondary N) is 2. The topological polar surface area (TPSA) is 220 Å². The highest BCUT2D eigenvalue weighted by atomic mass is 32.2. The van der Waals surface area contributed by atoms with Gasteiger partial charge in [-0.25, -0.2) is 14.5 Å². The average molecular weight is 598 g/mol. The van der Waals surface area contributed by atoms with Gasteiger partial charge in [-0.3, -0.25) is 24.1 Å². The Morgan fingerprint density at radius 3 is 2.87 bits per heavy atom. The summed E-state index contributed by atoms with van der Waals surface area (Å²) in [6.45, 7) is -0.0549. The Morgan fingerprint density at radius 1 is 1.36 bits per heavy atom. The van der Waals surface area contributed by atoms with Crippen LogP contribution in [0.4, 0.5) is 5.13 Å². The average Bonchev–Trinajstić information content (AvgIpc) is 3.56. The van der Waals surface area contributed by atoms with Crippen molar-refractivity contribution in [3.05, 3.63) is 22.3 Å². The number of aliphatic carboxylic acids is 1. The van der Waals surface area contributed by atoms with Crippen LogP contribution in [-0.4, -0.2) is 108 Å². The van der Waals surface area contributed by atoms with Crippen LogP contribution in [0.25, 0.3) is 0 Å². The fourth-order valence-corrected chi connectivity index (χ4v) is 6.44. The molecule has 2 atom stereocenters. The third-order valence-corrected chi connectivity index (χ3v) is 8.36. The summed E-state index contributed by atoms with van der Waals surface area (Å²) in [5.41, 5.74) is 0.127. The van der Waals surface area contributed by atoms with Crippen LogP contribution in [0.15, 0.2) is 27.0 Å². The SMILES string of the molecule is Cn1nnnc1SCC1=C(C(=O)O)N2C(=O)C(NC(=O)/C(=N\OCCOC=O)c3csc(NC=O)n3)[C@H]2SC1. The van der Waals surface area contributed by atoms with E-state index in [1.165, 1.54) is 33.6 Å². The maximum absolute atomic E-state index is 13.1. The lowest BCUT2D eigenvalue weighted by atomic mass is 10.0. The van der Waals surface area contributed by atoms with Gasteiger partial charge in [0.15, 0.2) is 17.5 Å². The number of rotatable bonds is 14. The molecule has 3 N–H and O–H groups in total. The number of carbonyl (C=O) groups excluding carboxylic acids is 4. The Hall–Kier alpha value is -4.04. The van der Waals surface area contributed by atoms with Crippen molar-refractivity contribution in [3.8, 4) is 0 Å². The molecule has 2 aliphatic heterocycles. The minimum Gasteiger partial charge on any atom is -0.477 e. The number of carbonyl (C=O) groups is 5. The lowest BCUT2D eigenvalue weighted by molar-refractivity contribution is -0.150. The van der Waals surface area contributed by atoms with E-state index in [0.29, 0.717) is 22.9 Å². The molecule has 206 valence electrons. The minimum absolute atomic E-state index is 0.0572. The van der Waals surface area contributed by atoms with Crippen molar-refractivity contribution in [1.29, 1.82) is 0 Å². The van der Waals surface area contributed by atoms with Gasteiger partial charge in [0, 0.05) is 23.9 Å². The summed E-state index contributed by atoms with van der Waals surface area (Å²) in [6.07, 6.45) is 0.416. The number of fused-ring (bicyclic) bond motifs is 1. The van der Waals surface area contributed by atoms with Crippen molar-refractivity contribution in [2.45, 2.75) is 16.6 Å². The van der Waals surface area contributed by atoms with Crippen molar-refractivity contribution in [2.24, 2.45) is 12.2 Å². The number of carboxylic acid groups (broad SMARTS) is 1. The van der Waals surface area contributed by atoms with E-state index in [4.69, 9.17) is 4.84 Å². The largest absolute Gasteiger partial charge is 0.477 e. The van der Waals surface area contributed by atoms with Crippen molar-refractivity contribution in [3.63, 3.8) is 0 Å². The number of oxime groups is 1. The van der Waals surface area contributed by atoms with Crippen molar-refractivity contribution in [1.82, 2.24) is 35.4 Å². The summed E-state index contributed by atoms with van der Waals surface area (Å²) in [5.74, 6) is -2.14. The second kappa shape index (κ2) is 12.7. The zero-order valence-corrected chi connectivity index (χ0v) is 22.3. The number of thioether (sulfide) groups is 2. The van der Waals surface area contributed by atoms with Crippen LogP contribution in [0, 0.1) is 0 Å². The molecule has 4 rings (SSSR count). The Bertz CT molecular complexity index is 1340. The number of thiazole rings is 1. The van der Waals surface area contributed by atoms with E-state index in [1.54, 1.807) is 7.05 Å². The molecule has 0 radical (unpaired) electrons. The molecule has 0 bridgehead atoms. The number of carboxylic acids is 1. The summed E-state index contributed by atoms with van der Waals surface area (Å²) in [6, 6.07) is -1.04. The molecule has 0 saturated carbocycles. The molecule has 1 saturated heterocycles. The third kappa shape index (κ3) is 6.17. The quantitative estimate of drug-likeness (QED) is 0.0573. The number of anilines is 1. The molecule has 3 amide bonds. The number of β-lactam (4-membered cyclic amide) rings is 1. The first-order chi connectivity index (χ1) is 18.8. The summed E-state index contributed by atoms with van der Waals surface area (Å²) in [4.78, 5) is 69.5. The Balaban J connectivity index is 1.48. The third-order valence-electron chi connectivity index (χ3n) is 5.15. The maximum Gasteiger partial charge on any atom is 0.352 e. The van der Waals surface area contributed by atoms with Gasteiger partial charge in [0.25, 0.3) is 18.3 Å². The van der Waals surface area contributed by atoms with Gasteiger partial charge in [-0.15, -0.1) is 28.2 Å². The van der Waals surface area contributed by atoms with E-state index in [2.05, 4.69) is 41.0 Å². The van der Waals surface area contributed by atoms with E-state index in [9.17, 15) is 29.1 Å². The highest BCUT2D eigenvalue weighted by Gasteiger charge is 2.54. The van der Waals surface area contributed by atoms with Crippen LogP contribution in [0.1, 0.15) is 5.69 Å². The zero-order valence-electron chi connectivity index (χ0n) is 19.9. The van der Waals surface area contributed by atoms with Crippen molar-refractivity contribution >= 4 is 76.4 Å². The molecule has 2 aliphatic rings. The number of amides is 3. The van der Waals surface area contributed by atoms with Gasteiger partial charge in [-0.2, -0.15) is 0 Å². The van der Waals surface area contributed by atoms with Crippen LogP contribution in [0.5, 0.6) is 0 Å². The van der Waals surface area contributed by atoms with Crippen LogP contribution < -0.4 is 10.6 Å². The maximum atomic E-state index is 13.1. The van der Waals surface area contributed by atoms with E-state index in [0.717, 1.165) is 16.2 Å². The Morgan fingerprint density at radius 2 is 2.18 bits per heavy atom. The molecule has 4 heterocycles. The van der Waals surface area contributed by atoms with E-state index in [-0.39, 0.29) is 47.7 Å². The molecule has 1 fully saturated rings. The van der Waals surface area contributed by atoms with Gasteiger partial charge >= 0.3 is 5.97 Å². The second-order valence-corrected chi connectivity index (χ2v) is 10.4. The molecule has 39 heavy (non-hydrogen) atoms. The summed E-state index contributed by atoms with van der Waals surface area (Å²) < 4.78 is 5.96. The smallest absolute Gasteiger partial charge is 0.352 e. The fraction of sp³-hybridized carbons (Fsp3) is 0.368.